The molecular weight excluding hydrogens is 427 g/mol. The van der Waals surface area contributed by atoms with Crippen LogP contribution < -0.4 is 10.0 Å². The average molecular weight is 445 g/mol. The van der Waals surface area contributed by atoms with Crippen molar-refractivity contribution in [3.63, 3.8) is 0 Å². The lowest BCUT2D eigenvalue weighted by Crippen LogP contribution is -2.14. The Balaban J connectivity index is 1.50. The first-order valence-corrected chi connectivity index (χ1v) is 11.2. The molecule has 10 heteroatoms. The van der Waals surface area contributed by atoms with Gasteiger partial charge in [-0.15, -0.1) is 11.3 Å². The molecule has 0 unspecified atom stereocenters. The van der Waals surface area contributed by atoms with E-state index in [2.05, 4.69) is 15.1 Å². The second-order valence-electron chi connectivity index (χ2n) is 6.63. The van der Waals surface area contributed by atoms with Crippen LogP contribution in [0.15, 0.2) is 59.5 Å². The summed E-state index contributed by atoms with van der Waals surface area (Å²) in [6, 6.07) is 12.7. The third kappa shape index (κ3) is 3.91. The number of nitrogens with zero attached hydrogens (tertiary/aromatic N) is 2. The fourth-order valence-electron chi connectivity index (χ4n) is 2.99. The van der Waals surface area contributed by atoms with Crippen LogP contribution in [0, 0.1) is 12.7 Å². The number of nitrogens with one attached hydrogen (secondary N) is 2. The van der Waals surface area contributed by atoms with E-state index in [0.29, 0.717) is 10.6 Å². The summed E-state index contributed by atoms with van der Waals surface area (Å²) in [5, 5.41) is 8.00. The monoisotopic (exact) mass is 444 g/mol. The van der Waals surface area contributed by atoms with Gasteiger partial charge in [-0.05, 0) is 55.5 Å². The van der Waals surface area contributed by atoms with Crippen LogP contribution >= 0.6 is 11.3 Å². The van der Waals surface area contributed by atoms with Crippen molar-refractivity contribution in [3.05, 3.63) is 71.0 Å². The third-order valence-corrected chi connectivity index (χ3v) is 7.02. The molecule has 0 fully saturated rings. The molecule has 4 rings (SSSR count). The van der Waals surface area contributed by atoms with E-state index in [1.54, 1.807) is 10.7 Å². The first-order valence-electron chi connectivity index (χ1n) is 8.86. The van der Waals surface area contributed by atoms with Crippen LogP contribution in [0.1, 0.15) is 15.4 Å². The third-order valence-electron chi connectivity index (χ3n) is 4.42. The summed E-state index contributed by atoms with van der Waals surface area (Å²) in [5.41, 5.74) is 1.43. The van der Waals surface area contributed by atoms with E-state index in [0.717, 1.165) is 22.0 Å². The number of hydrogen-bond donors (Lipinski definition) is 2. The van der Waals surface area contributed by atoms with Gasteiger partial charge in [-0.2, -0.15) is 5.10 Å². The molecule has 7 nitrogen and oxygen atoms in total. The molecule has 2 aromatic heterocycles. The molecule has 0 saturated carbocycles. The van der Waals surface area contributed by atoms with Gasteiger partial charge in [0.1, 0.15) is 10.6 Å². The zero-order chi connectivity index (χ0) is 21.5. The van der Waals surface area contributed by atoms with Crippen molar-refractivity contribution in [3.8, 4) is 0 Å². The maximum Gasteiger partial charge on any atom is 0.265 e. The molecule has 0 atom stereocenters. The number of rotatable bonds is 5. The smallest absolute Gasteiger partial charge is 0.265 e. The summed E-state index contributed by atoms with van der Waals surface area (Å²) < 4.78 is 42.3. The summed E-state index contributed by atoms with van der Waals surface area (Å²) >= 11 is 1.33. The molecule has 2 N–H and O–H groups in total. The molecule has 0 bridgehead atoms. The zero-order valence-corrected chi connectivity index (χ0v) is 17.6. The van der Waals surface area contributed by atoms with Crippen LogP contribution in [0.3, 0.4) is 0 Å². The Hall–Kier alpha value is -3.24. The van der Waals surface area contributed by atoms with Crippen molar-refractivity contribution in [1.29, 1.82) is 0 Å². The summed E-state index contributed by atoms with van der Waals surface area (Å²) in [7, 11) is -2.06. The van der Waals surface area contributed by atoms with Crippen molar-refractivity contribution in [1.82, 2.24) is 9.78 Å². The van der Waals surface area contributed by atoms with Crippen molar-refractivity contribution in [2.75, 3.05) is 10.0 Å². The topological polar surface area (TPSA) is 93.1 Å². The quantitative estimate of drug-likeness (QED) is 0.484. The second kappa shape index (κ2) is 7.54. The lowest BCUT2D eigenvalue weighted by Gasteiger charge is -2.09. The highest BCUT2D eigenvalue weighted by Gasteiger charge is 2.17. The van der Waals surface area contributed by atoms with Crippen LogP contribution in [0.5, 0.6) is 0 Å². The van der Waals surface area contributed by atoms with E-state index in [9.17, 15) is 17.6 Å². The highest BCUT2D eigenvalue weighted by molar-refractivity contribution is 7.92. The number of carbonyl (C=O) groups is 1. The van der Waals surface area contributed by atoms with Crippen molar-refractivity contribution < 1.29 is 17.6 Å². The second-order valence-corrected chi connectivity index (χ2v) is 9.35. The van der Waals surface area contributed by atoms with Gasteiger partial charge in [-0.25, -0.2) is 12.8 Å². The number of aryl methyl sites for hydroxylation is 2. The Kier molecular flexibility index (Phi) is 5.04. The van der Waals surface area contributed by atoms with E-state index >= 15 is 0 Å². The molecule has 30 heavy (non-hydrogen) atoms. The van der Waals surface area contributed by atoms with Crippen molar-refractivity contribution in [2.24, 2.45) is 7.05 Å². The van der Waals surface area contributed by atoms with Crippen LogP contribution in [-0.4, -0.2) is 24.1 Å². The van der Waals surface area contributed by atoms with Crippen molar-refractivity contribution >= 4 is 48.9 Å². The first-order chi connectivity index (χ1) is 14.2. The molecule has 2 aromatic carbocycles. The Morgan fingerprint density at radius 1 is 1.10 bits per heavy atom. The van der Waals surface area contributed by atoms with Crippen molar-refractivity contribution in [2.45, 2.75) is 11.8 Å². The van der Waals surface area contributed by atoms with Gasteiger partial charge in [0.05, 0.1) is 21.2 Å². The van der Waals surface area contributed by atoms with Crippen LogP contribution in [-0.2, 0) is 17.1 Å². The minimum absolute atomic E-state index is 0.00618. The average Bonchev–Trinajstić information content (AvgIpc) is 3.23. The maximum atomic E-state index is 13.3. The number of benzene rings is 2. The number of fused-ring (bicyclic) bond motifs is 1. The molecule has 154 valence electrons. The molecule has 0 aliphatic carbocycles. The van der Waals surface area contributed by atoms with E-state index in [-0.39, 0.29) is 16.5 Å². The van der Waals surface area contributed by atoms with Crippen LogP contribution in [0.25, 0.3) is 10.2 Å². The van der Waals surface area contributed by atoms with E-state index in [4.69, 9.17) is 0 Å². The summed E-state index contributed by atoms with van der Waals surface area (Å²) in [4.78, 5) is 14.0. The lowest BCUT2D eigenvalue weighted by atomic mass is 10.3. The van der Waals surface area contributed by atoms with E-state index in [1.165, 1.54) is 53.8 Å². The SMILES string of the molecule is Cc1nn(C)c2sc(C(=O)Nc3ccc(S(=O)(=O)Nc4cccc(F)c4)cc3)cc12. The predicted octanol–water partition coefficient (Wildman–Crippen LogP) is 4.14. The lowest BCUT2D eigenvalue weighted by molar-refractivity contribution is 0.103. The fourth-order valence-corrected chi connectivity index (χ4v) is 5.06. The van der Waals surface area contributed by atoms with Crippen LogP contribution in [0.4, 0.5) is 15.8 Å². The molecule has 0 aliphatic rings. The number of amides is 1. The highest BCUT2D eigenvalue weighted by Crippen LogP contribution is 2.28. The van der Waals surface area contributed by atoms with Gasteiger partial charge in [0.15, 0.2) is 0 Å². The largest absolute Gasteiger partial charge is 0.321 e. The number of thiophene rings is 1. The number of aromatic nitrogens is 2. The summed E-state index contributed by atoms with van der Waals surface area (Å²) in [6.07, 6.45) is 0. The normalized spacial score (nSPS) is 11.6. The standard InChI is InChI=1S/C20H17FN4O3S2/c1-12-17-11-18(29-20(17)25(2)23-12)19(26)22-14-6-8-16(9-7-14)30(27,28)24-15-5-3-4-13(21)10-15/h3-11,24H,1-2H3,(H,22,26). The van der Waals surface area contributed by atoms with Gasteiger partial charge < -0.3 is 5.32 Å². The number of anilines is 2. The molecule has 0 aliphatic heterocycles. The van der Waals surface area contributed by atoms with E-state index in [1.807, 2.05) is 14.0 Å². The Labute approximate surface area is 176 Å². The number of sulfonamides is 1. The molecule has 1 amide bonds. The zero-order valence-electron chi connectivity index (χ0n) is 16.0. The van der Waals surface area contributed by atoms with Gasteiger partial charge in [0.25, 0.3) is 15.9 Å². The molecule has 0 radical (unpaired) electrons. The molecular formula is C20H17FN4O3S2. The maximum absolute atomic E-state index is 13.3. The first kappa shape index (κ1) is 20.0. The molecule has 0 saturated heterocycles. The van der Waals surface area contributed by atoms with Crippen LogP contribution in [0.2, 0.25) is 0 Å². The predicted molar refractivity (Wildman–Crippen MR) is 115 cm³/mol. The fraction of sp³-hybridized carbons (Fsp3) is 0.100. The molecule has 0 spiro atoms. The Morgan fingerprint density at radius 3 is 2.50 bits per heavy atom. The van der Waals surface area contributed by atoms with E-state index < -0.39 is 15.8 Å². The number of carbonyl (C=O) groups excluding carboxylic acids is 1. The highest BCUT2D eigenvalue weighted by atomic mass is 32.2. The Morgan fingerprint density at radius 2 is 1.83 bits per heavy atom. The van der Waals surface area contributed by atoms with Gasteiger partial charge >= 0.3 is 0 Å². The number of halogens is 1. The number of hydrogen-bond acceptors (Lipinski definition) is 5. The summed E-state index contributed by atoms with van der Waals surface area (Å²) in [6.45, 7) is 1.88. The van der Waals surface area contributed by atoms with Gasteiger partial charge in [-0.1, -0.05) is 6.07 Å². The minimum Gasteiger partial charge on any atom is -0.321 e. The Bertz CT molecular complexity index is 1320. The minimum atomic E-state index is -3.88. The van der Waals surface area contributed by atoms with Gasteiger partial charge in [-0.3, -0.25) is 14.2 Å². The molecule has 2 heterocycles. The summed E-state index contributed by atoms with van der Waals surface area (Å²) in [5.74, 6) is -0.829. The molecule has 4 aromatic rings. The van der Waals surface area contributed by atoms with Gasteiger partial charge in [0.2, 0.25) is 0 Å². The van der Waals surface area contributed by atoms with Gasteiger partial charge in [0, 0.05) is 18.1 Å².